The number of hydrogen-bond donors (Lipinski definition) is 1. The van der Waals surface area contributed by atoms with Crippen molar-refractivity contribution >= 4 is 0 Å². The molecule has 1 aliphatic heterocycles. The number of nitrogens with zero attached hydrogens (tertiary/aromatic N) is 1. The van der Waals surface area contributed by atoms with Crippen molar-refractivity contribution in [3.8, 4) is 11.5 Å². The number of benzene rings is 2. The van der Waals surface area contributed by atoms with Crippen LogP contribution in [0.3, 0.4) is 0 Å². The minimum atomic E-state index is 0.00793. The third kappa shape index (κ3) is 4.35. The summed E-state index contributed by atoms with van der Waals surface area (Å²) in [5.74, 6) is 2.07. The highest BCUT2D eigenvalue weighted by atomic mass is 16.5. The molecule has 2 aliphatic rings. The molecule has 2 fully saturated rings. The fourth-order valence-electron chi connectivity index (χ4n) is 5.22. The second kappa shape index (κ2) is 8.99. The normalized spacial score (nSPS) is 26.1. The second-order valence-electron chi connectivity index (χ2n) is 9.44. The largest absolute Gasteiger partial charge is 0.493 e. The van der Waals surface area contributed by atoms with E-state index < -0.39 is 0 Å². The van der Waals surface area contributed by atoms with Crippen LogP contribution in [0.15, 0.2) is 48.5 Å². The van der Waals surface area contributed by atoms with Crippen LogP contribution in [-0.4, -0.2) is 37.2 Å². The van der Waals surface area contributed by atoms with E-state index in [-0.39, 0.29) is 11.5 Å². The molecule has 2 aromatic rings. The van der Waals surface area contributed by atoms with Crippen LogP contribution in [0, 0.1) is 5.41 Å². The maximum Gasteiger partial charge on any atom is 0.161 e. The summed E-state index contributed by atoms with van der Waals surface area (Å²) in [7, 11) is 1.72. The Bertz CT molecular complexity index is 832. The van der Waals surface area contributed by atoms with Crippen LogP contribution in [0.5, 0.6) is 11.5 Å². The number of nitrogens with two attached hydrogens (primary N) is 1. The van der Waals surface area contributed by atoms with Gasteiger partial charge in [-0.15, -0.1) is 0 Å². The van der Waals surface area contributed by atoms with Crippen LogP contribution in [-0.2, 0) is 6.54 Å². The predicted molar refractivity (Wildman–Crippen MR) is 122 cm³/mol. The van der Waals surface area contributed by atoms with Gasteiger partial charge in [0.1, 0.15) is 0 Å². The Kier molecular flexibility index (Phi) is 6.35. The lowest BCUT2D eigenvalue weighted by Gasteiger charge is -2.35. The molecule has 0 spiro atoms. The molecule has 0 amide bonds. The van der Waals surface area contributed by atoms with Crippen molar-refractivity contribution in [1.82, 2.24) is 4.90 Å². The number of rotatable bonds is 7. The first-order valence-corrected chi connectivity index (χ1v) is 11.4. The van der Waals surface area contributed by atoms with Crippen molar-refractivity contribution < 1.29 is 9.47 Å². The quantitative estimate of drug-likeness (QED) is 0.703. The Hall–Kier alpha value is -2.04. The lowest BCUT2D eigenvalue weighted by atomic mass is 9.71. The van der Waals surface area contributed by atoms with Crippen molar-refractivity contribution in [3.63, 3.8) is 0 Å². The molecule has 4 heteroatoms. The van der Waals surface area contributed by atoms with Crippen molar-refractivity contribution in [2.45, 2.75) is 64.1 Å². The average Bonchev–Trinajstić information content (AvgIpc) is 3.37. The molecule has 1 heterocycles. The van der Waals surface area contributed by atoms with E-state index in [9.17, 15) is 0 Å². The maximum absolute atomic E-state index is 6.56. The summed E-state index contributed by atoms with van der Waals surface area (Å²) in [5.41, 5.74) is 9.22. The molecule has 2 aromatic carbocycles. The zero-order valence-corrected chi connectivity index (χ0v) is 18.6. The molecule has 1 saturated carbocycles. The second-order valence-corrected chi connectivity index (χ2v) is 9.44. The molecule has 1 saturated heterocycles. The summed E-state index contributed by atoms with van der Waals surface area (Å²) in [5, 5.41) is 0. The van der Waals surface area contributed by atoms with Gasteiger partial charge in [0, 0.05) is 37.0 Å². The topological polar surface area (TPSA) is 47.7 Å². The van der Waals surface area contributed by atoms with Gasteiger partial charge in [0.2, 0.25) is 0 Å². The zero-order valence-electron chi connectivity index (χ0n) is 18.6. The van der Waals surface area contributed by atoms with E-state index in [1.165, 1.54) is 24.0 Å². The van der Waals surface area contributed by atoms with Crippen molar-refractivity contribution in [2.24, 2.45) is 11.1 Å². The first-order chi connectivity index (χ1) is 14.5. The van der Waals surface area contributed by atoms with Crippen LogP contribution < -0.4 is 15.2 Å². The van der Waals surface area contributed by atoms with E-state index in [4.69, 9.17) is 15.2 Å². The molecule has 2 unspecified atom stereocenters. The van der Waals surface area contributed by atoms with Crippen molar-refractivity contribution in [3.05, 3.63) is 59.7 Å². The Morgan fingerprint density at radius 2 is 1.83 bits per heavy atom. The first-order valence-electron chi connectivity index (χ1n) is 11.4. The van der Waals surface area contributed by atoms with Gasteiger partial charge in [0.25, 0.3) is 0 Å². The highest BCUT2D eigenvalue weighted by Gasteiger charge is 2.46. The monoisotopic (exact) mass is 408 g/mol. The lowest BCUT2D eigenvalue weighted by molar-refractivity contribution is 0.199. The smallest absolute Gasteiger partial charge is 0.161 e. The van der Waals surface area contributed by atoms with Crippen LogP contribution in [0.25, 0.3) is 0 Å². The van der Waals surface area contributed by atoms with Crippen LogP contribution in [0.4, 0.5) is 0 Å². The molecular weight excluding hydrogens is 372 g/mol. The van der Waals surface area contributed by atoms with Gasteiger partial charge in [-0.05, 0) is 55.9 Å². The molecule has 1 aliphatic carbocycles. The maximum atomic E-state index is 6.56. The highest BCUT2D eigenvalue weighted by Crippen LogP contribution is 2.47. The molecule has 0 bridgehead atoms. The molecule has 4 rings (SSSR count). The Balaban J connectivity index is 1.59. The number of ether oxygens (including phenoxy) is 2. The van der Waals surface area contributed by atoms with E-state index in [1.807, 2.05) is 0 Å². The summed E-state index contributed by atoms with van der Waals surface area (Å²) in [6.07, 6.45) is 5.10. The molecule has 0 aromatic heterocycles. The Morgan fingerprint density at radius 3 is 2.50 bits per heavy atom. The van der Waals surface area contributed by atoms with Gasteiger partial charge >= 0.3 is 0 Å². The summed E-state index contributed by atoms with van der Waals surface area (Å²) in [6, 6.07) is 17.3. The third-order valence-electron chi connectivity index (χ3n) is 7.28. The van der Waals surface area contributed by atoms with E-state index in [0.29, 0.717) is 12.0 Å². The van der Waals surface area contributed by atoms with Gasteiger partial charge < -0.3 is 15.2 Å². The number of likely N-dealkylation sites (tertiary alicyclic amines) is 1. The van der Waals surface area contributed by atoms with Crippen LogP contribution in [0.1, 0.15) is 56.6 Å². The molecule has 4 nitrogen and oxygen atoms in total. The summed E-state index contributed by atoms with van der Waals surface area (Å²) >= 11 is 0. The van der Waals surface area contributed by atoms with Crippen LogP contribution >= 0.6 is 0 Å². The molecular formula is C26H36N2O2. The van der Waals surface area contributed by atoms with Crippen molar-refractivity contribution in [2.75, 3.05) is 20.2 Å². The number of hydrogen-bond acceptors (Lipinski definition) is 4. The molecule has 0 radical (unpaired) electrons. The minimum absolute atomic E-state index is 0.00793. The van der Waals surface area contributed by atoms with Gasteiger partial charge in [-0.2, -0.15) is 0 Å². The van der Waals surface area contributed by atoms with E-state index in [1.54, 1.807) is 7.11 Å². The minimum Gasteiger partial charge on any atom is -0.493 e. The van der Waals surface area contributed by atoms with Gasteiger partial charge in [0.15, 0.2) is 11.5 Å². The fourth-order valence-corrected chi connectivity index (χ4v) is 5.22. The van der Waals surface area contributed by atoms with E-state index in [2.05, 4.69) is 67.3 Å². The highest BCUT2D eigenvalue weighted by molar-refractivity contribution is 5.45. The van der Waals surface area contributed by atoms with Gasteiger partial charge in [0.05, 0.1) is 13.2 Å². The van der Waals surface area contributed by atoms with Gasteiger partial charge in [-0.25, -0.2) is 0 Å². The standard InChI is InChI=1S/C26H36N2O2/c1-19(27)26(2)18-28(16-20-9-5-4-6-10-20)17-23(26)21-13-14-24(29-3)25(15-21)30-22-11-7-8-12-22/h4-6,9-10,13-15,19,22-23H,7-8,11-12,16-18,27H2,1-3H3/t19?,23?,26-/m1/s1. The summed E-state index contributed by atoms with van der Waals surface area (Å²) in [4.78, 5) is 2.55. The third-order valence-corrected chi connectivity index (χ3v) is 7.28. The molecule has 30 heavy (non-hydrogen) atoms. The molecule has 3 atom stereocenters. The SMILES string of the molecule is COc1ccc(C2CN(Cc3ccccc3)C[C@]2(C)C(C)N)cc1OC1CCCC1. The average molecular weight is 409 g/mol. The van der Waals surface area contributed by atoms with Crippen molar-refractivity contribution in [1.29, 1.82) is 0 Å². The lowest BCUT2D eigenvalue weighted by Crippen LogP contribution is -2.42. The fraction of sp³-hybridized carbons (Fsp3) is 0.538. The predicted octanol–water partition coefficient (Wildman–Crippen LogP) is 4.97. The molecule has 2 N–H and O–H groups in total. The van der Waals surface area contributed by atoms with Gasteiger partial charge in [-0.1, -0.05) is 43.3 Å². The Morgan fingerprint density at radius 1 is 1.10 bits per heavy atom. The first kappa shape index (κ1) is 21.2. The Labute approximate surface area is 181 Å². The van der Waals surface area contributed by atoms with E-state index in [0.717, 1.165) is 44.0 Å². The summed E-state index contributed by atoms with van der Waals surface area (Å²) < 4.78 is 12.0. The number of methoxy groups -OCH3 is 1. The van der Waals surface area contributed by atoms with E-state index >= 15 is 0 Å². The molecule has 162 valence electrons. The zero-order chi connectivity index (χ0) is 21.1. The van der Waals surface area contributed by atoms with Gasteiger partial charge in [-0.3, -0.25) is 4.90 Å². The summed E-state index contributed by atoms with van der Waals surface area (Å²) in [6.45, 7) is 7.45. The van der Waals surface area contributed by atoms with Crippen LogP contribution in [0.2, 0.25) is 0 Å².